The first-order valence-electron chi connectivity index (χ1n) is 8.66. The average Bonchev–Trinajstić information content (AvgIpc) is 3.19. The minimum Gasteiger partial charge on any atom is -0.381 e. The SMILES string of the molecule is COC1CCC(c2nnsc2N2C(=O)C3=C(CCCC3)C2=O)CC1. The van der Waals surface area contributed by atoms with E-state index in [-0.39, 0.29) is 17.7 Å². The normalized spacial score (nSPS) is 27.8. The van der Waals surface area contributed by atoms with Crippen LogP contribution in [0, 0.1) is 0 Å². The van der Waals surface area contributed by atoms with Crippen LogP contribution in [0.15, 0.2) is 11.1 Å². The highest BCUT2D eigenvalue weighted by molar-refractivity contribution is 7.10. The molecule has 1 aromatic rings. The molecular weight excluding hydrogens is 326 g/mol. The number of rotatable bonds is 3. The largest absolute Gasteiger partial charge is 0.381 e. The van der Waals surface area contributed by atoms with E-state index in [0.29, 0.717) is 22.3 Å². The second-order valence-electron chi connectivity index (χ2n) is 6.78. The van der Waals surface area contributed by atoms with Gasteiger partial charge in [0, 0.05) is 35.7 Å². The lowest BCUT2D eigenvalue weighted by molar-refractivity contribution is -0.120. The Kier molecular flexibility index (Phi) is 4.22. The lowest BCUT2D eigenvalue weighted by Gasteiger charge is -2.27. The molecule has 0 unspecified atom stereocenters. The summed E-state index contributed by atoms with van der Waals surface area (Å²) in [5, 5.41) is 4.92. The van der Waals surface area contributed by atoms with Gasteiger partial charge in [0.2, 0.25) is 0 Å². The number of amides is 2. The zero-order valence-electron chi connectivity index (χ0n) is 13.8. The van der Waals surface area contributed by atoms with Gasteiger partial charge in [0.05, 0.1) is 6.10 Å². The van der Waals surface area contributed by atoms with Crippen LogP contribution in [0.4, 0.5) is 5.00 Å². The van der Waals surface area contributed by atoms with Gasteiger partial charge in [-0.2, -0.15) is 0 Å². The van der Waals surface area contributed by atoms with Gasteiger partial charge in [-0.1, -0.05) is 4.49 Å². The van der Waals surface area contributed by atoms with Crippen molar-refractivity contribution in [2.45, 2.75) is 63.4 Å². The van der Waals surface area contributed by atoms with Gasteiger partial charge in [0.15, 0.2) is 0 Å². The number of carbonyl (C=O) groups is 2. The predicted octanol–water partition coefficient (Wildman–Crippen LogP) is 2.95. The monoisotopic (exact) mass is 347 g/mol. The van der Waals surface area contributed by atoms with Gasteiger partial charge in [-0.15, -0.1) is 5.10 Å². The number of imide groups is 1. The first-order chi connectivity index (χ1) is 11.7. The molecule has 2 heterocycles. The van der Waals surface area contributed by atoms with Gasteiger partial charge in [-0.05, 0) is 51.4 Å². The molecule has 0 radical (unpaired) electrons. The Morgan fingerprint density at radius 2 is 1.67 bits per heavy atom. The van der Waals surface area contributed by atoms with Crippen LogP contribution >= 0.6 is 11.5 Å². The predicted molar refractivity (Wildman–Crippen MR) is 89.9 cm³/mol. The lowest BCUT2D eigenvalue weighted by atomic mass is 9.85. The van der Waals surface area contributed by atoms with Gasteiger partial charge in [-0.3, -0.25) is 9.59 Å². The highest BCUT2D eigenvalue weighted by Crippen LogP contribution is 2.42. The van der Waals surface area contributed by atoms with Crippen molar-refractivity contribution in [2.24, 2.45) is 0 Å². The zero-order chi connectivity index (χ0) is 16.7. The van der Waals surface area contributed by atoms with Crippen LogP contribution in [0.1, 0.15) is 63.0 Å². The number of hydrogen-bond acceptors (Lipinski definition) is 6. The Bertz CT molecular complexity index is 676. The van der Waals surface area contributed by atoms with Gasteiger partial charge < -0.3 is 4.74 Å². The van der Waals surface area contributed by atoms with E-state index < -0.39 is 0 Å². The molecule has 0 spiro atoms. The Balaban J connectivity index is 1.60. The number of ether oxygens (including phenoxy) is 1. The van der Waals surface area contributed by atoms with Crippen molar-refractivity contribution in [2.75, 3.05) is 12.0 Å². The van der Waals surface area contributed by atoms with E-state index in [0.717, 1.165) is 57.1 Å². The number of aromatic nitrogens is 2. The summed E-state index contributed by atoms with van der Waals surface area (Å²) in [7, 11) is 1.75. The molecule has 0 atom stereocenters. The molecule has 1 aliphatic heterocycles. The molecule has 7 heteroatoms. The summed E-state index contributed by atoms with van der Waals surface area (Å²) in [6.45, 7) is 0. The van der Waals surface area contributed by atoms with E-state index >= 15 is 0 Å². The second-order valence-corrected chi connectivity index (χ2v) is 7.52. The molecular formula is C17H21N3O3S. The summed E-state index contributed by atoms with van der Waals surface area (Å²) in [6.07, 6.45) is 7.60. The number of hydrogen-bond donors (Lipinski definition) is 0. The minimum atomic E-state index is -0.146. The molecule has 6 nitrogen and oxygen atoms in total. The fraction of sp³-hybridized carbons (Fsp3) is 0.647. The van der Waals surface area contributed by atoms with E-state index in [2.05, 4.69) is 9.59 Å². The molecule has 1 aromatic heterocycles. The summed E-state index contributed by atoms with van der Waals surface area (Å²) >= 11 is 1.17. The molecule has 0 aromatic carbocycles. The first-order valence-corrected chi connectivity index (χ1v) is 9.44. The maximum atomic E-state index is 12.8. The third-order valence-electron chi connectivity index (χ3n) is 5.48. The number of anilines is 1. The Morgan fingerprint density at radius 3 is 2.25 bits per heavy atom. The average molecular weight is 347 g/mol. The van der Waals surface area contributed by atoms with Gasteiger partial charge in [0.1, 0.15) is 10.7 Å². The summed E-state index contributed by atoms with van der Waals surface area (Å²) in [5.41, 5.74) is 2.25. The third kappa shape index (κ3) is 2.50. The highest BCUT2D eigenvalue weighted by atomic mass is 32.1. The molecule has 24 heavy (non-hydrogen) atoms. The lowest BCUT2D eigenvalue weighted by Crippen LogP contribution is -2.32. The molecule has 1 fully saturated rings. The fourth-order valence-corrected chi connectivity index (χ4v) is 4.85. The van der Waals surface area contributed by atoms with Gasteiger partial charge in [0.25, 0.3) is 11.8 Å². The van der Waals surface area contributed by atoms with Crippen LogP contribution in [0.25, 0.3) is 0 Å². The highest BCUT2D eigenvalue weighted by Gasteiger charge is 2.42. The smallest absolute Gasteiger partial charge is 0.262 e. The first kappa shape index (κ1) is 15.9. The fourth-order valence-electron chi connectivity index (χ4n) is 4.10. The number of carbonyl (C=O) groups excluding carboxylic acids is 2. The molecule has 128 valence electrons. The molecule has 0 saturated heterocycles. The quantitative estimate of drug-likeness (QED) is 0.786. The summed E-state index contributed by atoms with van der Waals surface area (Å²) in [6, 6.07) is 0. The van der Waals surface area contributed by atoms with Crippen LogP contribution in [0.2, 0.25) is 0 Å². The van der Waals surface area contributed by atoms with Crippen LogP contribution < -0.4 is 4.90 Å². The van der Waals surface area contributed by atoms with Crippen molar-refractivity contribution in [3.05, 3.63) is 16.8 Å². The van der Waals surface area contributed by atoms with Crippen LogP contribution in [0.5, 0.6) is 0 Å². The molecule has 2 aliphatic carbocycles. The molecule has 2 amide bonds. The summed E-state index contributed by atoms with van der Waals surface area (Å²) in [5.74, 6) is -0.0384. The van der Waals surface area contributed by atoms with Crippen molar-refractivity contribution < 1.29 is 14.3 Å². The minimum absolute atomic E-state index is 0.146. The second kappa shape index (κ2) is 6.37. The van der Waals surface area contributed by atoms with Gasteiger partial charge >= 0.3 is 0 Å². The maximum Gasteiger partial charge on any atom is 0.262 e. The van der Waals surface area contributed by atoms with Gasteiger partial charge in [-0.25, -0.2) is 4.90 Å². The number of methoxy groups -OCH3 is 1. The Morgan fingerprint density at radius 1 is 1.04 bits per heavy atom. The van der Waals surface area contributed by atoms with E-state index in [1.165, 1.54) is 16.4 Å². The van der Waals surface area contributed by atoms with Crippen molar-refractivity contribution >= 4 is 28.3 Å². The van der Waals surface area contributed by atoms with Crippen LogP contribution in [-0.4, -0.2) is 34.6 Å². The zero-order valence-corrected chi connectivity index (χ0v) is 14.6. The van der Waals surface area contributed by atoms with E-state index in [4.69, 9.17) is 4.74 Å². The summed E-state index contributed by atoms with van der Waals surface area (Å²) < 4.78 is 9.49. The van der Waals surface area contributed by atoms with E-state index in [1.807, 2.05) is 0 Å². The van der Waals surface area contributed by atoms with E-state index in [1.54, 1.807) is 7.11 Å². The molecule has 1 saturated carbocycles. The molecule has 0 N–H and O–H groups in total. The Labute approximate surface area is 145 Å². The van der Waals surface area contributed by atoms with E-state index in [9.17, 15) is 9.59 Å². The van der Waals surface area contributed by atoms with Crippen molar-refractivity contribution in [3.8, 4) is 0 Å². The Hall–Kier alpha value is -1.60. The molecule has 0 bridgehead atoms. The van der Waals surface area contributed by atoms with Crippen LogP contribution in [-0.2, 0) is 14.3 Å². The molecule has 4 rings (SSSR count). The van der Waals surface area contributed by atoms with Crippen molar-refractivity contribution in [1.29, 1.82) is 0 Å². The summed E-state index contributed by atoms with van der Waals surface area (Å²) in [4.78, 5) is 26.9. The third-order valence-corrected chi connectivity index (χ3v) is 6.21. The van der Waals surface area contributed by atoms with Crippen molar-refractivity contribution in [3.63, 3.8) is 0 Å². The maximum absolute atomic E-state index is 12.8. The van der Waals surface area contributed by atoms with Crippen molar-refractivity contribution in [1.82, 2.24) is 9.59 Å². The standard InChI is InChI=1S/C17H21N3O3S/c1-23-11-8-6-10(7-9-11)14-17(24-19-18-14)20-15(21)12-4-2-3-5-13(12)16(20)22/h10-11H,2-9H2,1H3. The van der Waals surface area contributed by atoms with Crippen LogP contribution in [0.3, 0.4) is 0 Å². The number of nitrogens with zero attached hydrogens (tertiary/aromatic N) is 3. The topological polar surface area (TPSA) is 72.4 Å². The molecule has 3 aliphatic rings.